The molecule has 0 aliphatic heterocycles. The van der Waals surface area contributed by atoms with Gasteiger partial charge >= 0.3 is 0 Å². The second kappa shape index (κ2) is 9.24. The first kappa shape index (κ1) is 19.0. The van der Waals surface area contributed by atoms with Gasteiger partial charge in [0.1, 0.15) is 5.76 Å². The van der Waals surface area contributed by atoms with Crippen molar-refractivity contribution in [1.82, 2.24) is 15.4 Å². The second-order valence-corrected chi connectivity index (χ2v) is 7.33. The van der Waals surface area contributed by atoms with Crippen molar-refractivity contribution in [2.75, 3.05) is 13.6 Å². The highest BCUT2D eigenvalue weighted by Gasteiger charge is 2.08. The lowest BCUT2D eigenvalue weighted by molar-refractivity contribution is 0.501. The van der Waals surface area contributed by atoms with E-state index in [1.165, 1.54) is 7.05 Å². The Morgan fingerprint density at radius 3 is 2.44 bits per heavy atom. The van der Waals surface area contributed by atoms with Crippen molar-refractivity contribution in [1.29, 1.82) is 0 Å². The van der Waals surface area contributed by atoms with E-state index >= 15 is 0 Å². The molecule has 1 heterocycles. The van der Waals surface area contributed by atoms with Crippen LogP contribution in [0.2, 0.25) is 0 Å². The summed E-state index contributed by atoms with van der Waals surface area (Å²) in [6.07, 6.45) is 1.64. The summed E-state index contributed by atoms with van der Waals surface area (Å²) >= 11 is 0. The van der Waals surface area contributed by atoms with Gasteiger partial charge in [-0.05, 0) is 37.2 Å². The second-order valence-electron chi connectivity index (χ2n) is 5.41. The Morgan fingerprint density at radius 1 is 1.12 bits per heavy atom. The van der Waals surface area contributed by atoms with E-state index < -0.39 is 10.0 Å². The topological polar surface area (TPSA) is 95.7 Å². The van der Waals surface area contributed by atoms with Crippen molar-refractivity contribution in [3.63, 3.8) is 0 Å². The molecule has 0 radical (unpaired) electrons. The fourth-order valence-electron chi connectivity index (χ4n) is 2.13. The van der Waals surface area contributed by atoms with Crippen LogP contribution in [0.15, 0.2) is 52.1 Å². The van der Waals surface area contributed by atoms with E-state index in [0.717, 1.165) is 23.4 Å². The molecule has 0 amide bonds. The van der Waals surface area contributed by atoms with E-state index in [1.54, 1.807) is 6.26 Å². The number of hydrogen-bond donors (Lipinski definition) is 3. The predicted octanol–water partition coefficient (Wildman–Crippen LogP) is 1.58. The number of sulfonamides is 1. The molecule has 1 aromatic heterocycles. The van der Waals surface area contributed by atoms with Gasteiger partial charge in [-0.1, -0.05) is 24.3 Å². The lowest BCUT2D eigenvalue weighted by Crippen LogP contribution is -2.36. The SMILES string of the molecule is CCNC(=NCc1ccc(CS(=O)(=O)NC)cc1)NCc1ccco1. The molecule has 0 bridgehead atoms. The van der Waals surface area contributed by atoms with Gasteiger partial charge in [0.15, 0.2) is 5.96 Å². The predicted molar refractivity (Wildman–Crippen MR) is 98.5 cm³/mol. The lowest BCUT2D eigenvalue weighted by atomic mass is 10.1. The summed E-state index contributed by atoms with van der Waals surface area (Å²) < 4.78 is 30.7. The summed E-state index contributed by atoms with van der Waals surface area (Å²) in [6, 6.07) is 11.1. The Labute approximate surface area is 148 Å². The number of benzene rings is 1. The maximum absolute atomic E-state index is 11.6. The minimum absolute atomic E-state index is 0.0274. The molecule has 0 saturated carbocycles. The average molecular weight is 364 g/mol. The highest BCUT2D eigenvalue weighted by molar-refractivity contribution is 7.88. The summed E-state index contributed by atoms with van der Waals surface area (Å²) in [5.41, 5.74) is 1.74. The Morgan fingerprint density at radius 2 is 1.84 bits per heavy atom. The van der Waals surface area contributed by atoms with Crippen molar-refractivity contribution in [3.8, 4) is 0 Å². The van der Waals surface area contributed by atoms with Crippen LogP contribution >= 0.6 is 0 Å². The molecule has 8 heteroatoms. The van der Waals surface area contributed by atoms with Crippen LogP contribution in [0.5, 0.6) is 0 Å². The third-order valence-corrected chi connectivity index (χ3v) is 4.80. The molecule has 7 nitrogen and oxygen atoms in total. The smallest absolute Gasteiger partial charge is 0.215 e. The van der Waals surface area contributed by atoms with E-state index in [1.807, 2.05) is 43.3 Å². The van der Waals surface area contributed by atoms with Crippen LogP contribution in [0.25, 0.3) is 0 Å². The van der Waals surface area contributed by atoms with Crippen LogP contribution in [0.4, 0.5) is 0 Å². The van der Waals surface area contributed by atoms with Crippen LogP contribution in [-0.2, 0) is 28.9 Å². The summed E-state index contributed by atoms with van der Waals surface area (Å²) in [7, 11) is -1.84. The lowest BCUT2D eigenvalue weighted by Gasteiger charge is -2.10. The van der Waals surface area contributed by atoms with Crippen molar-refractivity contribution < 1.29 is 12.8 Å². The van der Waals surface area contributed by atoms with E-state index in [4.69, 9.17) is 4.42 Å². The third-order valence-electron chi connectivity index (χ3n) is 3.46. The monoisotopic (exact) mass is 364 g/mol. The van der Waals surface area contributed by atoms with Crippen LogP contribution in [0, 0.1) is 0 Å². The average Bonchev–Trinajstić information content (AvgIpc) is 3.12. The van der Waals surface area contributed by atoms with Crippen LogP contribution in [-0.4, -0.2) is 28.0 Å². The summed E-state index contributed by atoms with van der Waals surface area (Å²) in [5, 5.41) is 6.38. The van der Waals surface area contributed by atoms with Crippen LogP contribution in [0.1, 0.15) is 23.8 Å². The zero-order valence-corrected chi connectivity index (χ0v) is 15.3. The molecule has 2 rings (SSSR count). The molecular weight excluding hydrogens is 340 g/mol. The van der Waals surface area contributed by atoms with Crippen molar-refractivity contribution in [2.24, 2.45) is 4.99 Å². The van der Waals surface area contributed by atoms with Gasteiger partial charge < -0.3 is 15.1 Å². The van der Waals surface area contributed by atoms with Gasteiger partial charge in [-0.2, -0.15) is 0 Å². The molecule has 25 heavy (non-hydrogen) atoms. The van der Waals surface area contributed by atoms with Crippen molar-refractivity contribution in [2.45, 2.75) is 25.8 Å². The van der Waals surface area contributed by atoms with Crippen molar-refractivity contribution >= 4 is 16.0 Å². The zero-order valence-electron chi connectivity index (χ0n) is 14.5. The van der Waals surface area contributed by atoms with Crippen LogP contribution < -0.4 is 15.4 Å². The van der Waals surface area contributed by atoms with E-state index in [9.17, 15) is 8.42 Å². The molecule has 2 aromatic rings. The van der Waals surface area contributed by atoms with E-state index in [0.29, 0.717) is 19.0 Å². The number of aliphatic imine (C=N–C) groups is 1. The maximum Gasteiger partial charge on any atom is 0.215 e. The highest BCUT2D eigenvalue weighted by Crippen LogP contribution is 2.08. The van der Waals surface area contributed by atoms with Gasteiger partial charge in [-0.15, -0.1) is 0 Å². The Balaban J connectivity index is 1.94. The van der Waals surface area contributed by atoms with E-state index in [-0.39, 0.29) is 5.75 Å². The van der Waals surface area contributed by atoms with Gasteiger partial charge in [0, 0.05) is 6.54 Å². The summed E-state index contributed by atoms with van der Waals surface area (Å²) in [4.78, 5) is 4.53. The molecule has 3 N–H and O–H groups in total. The molecule has 0 aliphatic rings. The first-order valence-corrected chi connectivity index (χ1v) is 9.71. The van der Waals surface area contributed by atoms with Crippen LogP contribution in [0.3, 0.4) is 0 Å². The number of guanidine groups is 1. The third kappa shape index (κ3) is 6.60. The standard InChI is InChI=1S/C17H24N4O3S/c1-3-19-17(21-12-16-5-4-10-24-16)20-11-14-6-8-15(9-7-14)13-25(22,23)18-2/h4-10,18H,3,11-13H2,1-2H3,(H2,19,20,21). The molecular formula is C17H24N4O3S. The maximum atomic E-state index is 11.6. The van der Waals surface area contributed by atoms with Gasteiger partial charge in [0.25, 0.3) is 0 Å². The highest BCUT2D eigenvalue weighted by atomic mass is 32.2. The first-order chi connectivity index (χ1) is 12.0. The first-order valence-electron chi connectivity index (χ1n) is 8.06. The van der Waals surface area contributed by atoms with Gasteiger partial charge in [0.2, 0.25) is 10.0 Å². The van der Waals surface area contributed by atoms with Gasteiger partial charge in [0.05, 0.1) is 25.1 Å². The fourth-order valence-corrected chi connectivity index (χ4v) is 2.90. The molecule has 0 spiro atoms. The number of rotatable bonds is 8. The molecule has 0 aliphatic carbocycles. The number of nitrogens with zero attached hydrogens (tertiary/aromatic N) is 1. The normalized spacial score (nSPS) is 12.2. The molecule has 0 unspecified atom stereocenters. The minimum atomic E-state index is -3.25. The summed E-state index contributed by atoms with van der Waals surface area (Å²) in [5.74, 6) is 1.50. The van der Waals surface area contributed by atoms with Gasteiger partial charge in [-0.25, -0.2) is 18.1 Å². The molecule has 1 aromatic carbocycles. The quantitative estimate of drug-likeness (QED) is 0.488. The Hall–Kier alpha value is -2.32. The largest absolute Gasteiger partial charge is 0.467 e. The summed E-state index contributed by atoms with van der Waals surface area (Å²) in [6.45, 7) is 3.80. The Bertz CT molecular complexity index is 769. The molecule has 136 valence electrons. The van der Waals surface area contributed by atoms with Crippen molar-refractivity contribution in [3.05, 3.63) is 59.5 Å². The molecule has 0 saturated heterocycles. The van der Waals surface area contributed by atoms with Gasteiger partial charge in [-0.3, -0.25) is 0 Å². The number of hydrogen-bond acceptors (Lipinski definition) is 4. The molecule has 0 atom stereocenters. The minimum Gasteiger partial charge on any atom is -0.467 e. The zero-order chi connectivity index (χ0) is 18.1. The van der Waals surface area contributed by atoms with E-state index in [2.05, 4.69) is 20.3 Å². The number of nitrogens with one attached hydrogen (secondary N) is 3. The fraction of sp³-hybridized carbons (Fsp3) is 0.353. The molecule has 0 fully saturated rings. The number of furan rings is 1. The Kier molecular flexibility index (Phi) is 7.03.